The molecule has 0 radical (unpaired) electrons. The van der Waals surface area contributed by atoms with Gasteiger partial charge in [-0.05, 0) is 24.6 Å². The minimum Gasteiger partial charge on any atom is -0.364 e. The van der Waals surface area contributed by atoms with Crippen molar-refractivity contribution >= 4 is 35.0 Å². The van der Waals surface area contributed by atoms with E-state index in [0.717, 1.165) is 22.5 Å². The molecule has 2 aliphatic rings. The lowest BCUT2D eigenvalue weighted by molar-refractivity contribution is -0.124. The number of nitrogens with zero attached hydrogens (tertiary/aromatic N) is 4. The minimum atomic E-state index is -0.278. The molecule has 0 fully saturated rings. The van der Waals surface area contributed by atoms with Crippen molar-refractivity contribution in [3.05, 3.63) is 56.9 Å². The monoisotopic (exact) mass is 459 g/mol. The molecule has 2 aromatic heterocycles. The van der Waals surface area contributed by atoms with Crippen LogP contribution in [0.5, 0.6) is 0 Å². The first kappa shape index (κ1) is 20.1. The fraction of sp³-hybridized carbons (Fsp3) is 0.333. The average Bonchev–Trinajstić information content (AvgIpc) is 3.33. The zero-order valence-corrected chi connectivity index (χ0v) is 18.2. The van der Waals surface area contributed by atoms with E-state index in [0.29, 0.717) is 53.8 Å². The highest BCUT2D eigenvalue weighted by Crippen LogP contribution is 2.36. The number of amides is 2. The molecule has 0 spiro atoms. The van der Waals surface area contributed by atoms with Gasteiger partial charge in [0, 0.05) is 36.7 Å². The van der Waals surface area contributed by atoms with Crippen molar-refractivity contribution in [2.24, 2.45) is 5.92 Å². The fourth-order valence-corrected chi connectivity index (χ4v) is 4.62. The average molecular weight is 460 g/mol. The molecule has 10 heteroatoms. The summed E-state index contributed by atoms with van der Waals surface area (Å²) in [5.74, 6) is -0.453. The molecule has 0 unspecified atom stereocenters. The largest absolute Gasteiger partial charge is 0.364 e. The van der Waals surface area contributed by atoms with Gasteiger partial charge in [-0.1, -0.05) is 28.4 Å². The van der Waals surface area contributed by atoms with Crippen molar-refractivity contribution in [2.75, 3.05) is 13.6 Å². The molecule has 1 N–H and O–H groups in total. The smallest absolute Gasteiger partial charge is 0.254 e. The molecule has 1 atom stereocenters. The normalized spacial score (nSPS) is 17.4. The van der Waals surface area contributed by atoms with Crippen LogP contribution in [0, 0.1) is 5.92 Å². The molecule has 3 aromatic rings. The summed E-state index contributed by atoms with van der Waals surface area (Å²) in [5, 5.41) is 12.4. The van der Waals surface area contributed by atoms with Crippen molar-refractivity contribution in [3.63, 3.8) is 0 Å². The molecular formula is C21H19Cl2N5O3. The Kier molecular flexibility index (Phi) is 4.98. The molecular weight excluding hydrogens is 441 g/mol. The van der Waals surface area contributed by atoms with E-state index in [2.05, 4.69) is 10.5 Å². The van der Waals surface area contributed by atoms with Gasteiger partial charge < -0.3 is 14.7 Å². The van der Waals surface area contributed by atoms with E-state index in [1.54, 1.807) is 36.4 Å². The van der Waals surface area contributed by atoms with Crippen LogP contribution >= 0.6 is 23.2 Å². The number of halogens is 2. The zero-order chi connectivity index (χ0) is 21.7. The van der Waals surface area contributed by atoms with E-state index in [9.17, 15) is 9.59 Å². The van der Waals surface area contributed by atoms with Gasteiger partial charge in [-0.25, -0.2) is 0 Å². The Balaban J connectivity index is 1.51. The highest BCUT2D eigenvalue weighted by molar-refractivity contribution is 6.42. The van der Waals surface area contributed by atoms with Gasteiger partial charge >= 0.3 is 0 Å². The summed E-state index contributed by atoms with van der Waals surface area (Å²) < 4.78 is 7.08. The molecule has 160 valence electrons. The predicted octanol–water partition coefficient (Wildman–Crippen LogP) is 2.96. The Morgan fingerprint density at radius 1 is 1.26 bits per heavy atom. The summed E-state index contributed by atoms with van der Waals surface area (Å²) in [6.45, 7) is 1.37. The molecule has 0 bridgehead atoms. The van der Waals surface area contributed by atoms with Crippen LogP contribution in [0.3, 0.4) is 0 Å². The fourth-order valence-electron chi connectivity index (χ4n) is 4.32. The molecule has 0 aliphatic carbocycles. The third-order valence-electron chi connectivity index (χ3n) is 5.90. The molecule has 31 heavy (non-hydrogen) atoms. The Bertz CT molecular complexity index is 1200. The van der Waals surface area contributed by atoms with Crippen LogP contribution < -0.4 is 5.32 Å². The second-order valence-electron chi connectivity index (χ2n) is 7.77. The number of carbonyl (C=O) groups is 2. The van der Waals surface area contributed by atoms with E-state index in [4.69, 9.17) is 32.8 Å². The Morgan fingerprint density at radius 2 is 2.10 bits per heavy atom. The van der Waals surface area contributed by atoms with Crippen LogP contribution in [0.2, 0.25) is 10.0 Å². The first-order valence-corrected chi connectivity index (χ1v) is 10.7. The number of aromatic nitrogens is 3. The van der Waals surface area contributed by atoms with Crippen molar-refractivity contribution in [2.45, 2.75) is 25.9 Å². The summed E-state index contributed by atoms with van der Waals surface area (Å²) >= 11 is 12.1. The lowest BCUT2D eigenvalue weighted by Crippen LogP contribution is -2.36. The second-order valence-corrected chi connectivity index (χ2v) is 8.58. The van der Waals surface area contributed by atoms with Crippen LogP contribution in [0.15, 0.2) is 29.0 Å². The van der Waals surface area contributed by atoms with E-state index < -0.39 is 0 Å². The summed E-state index contributed by atoms with van der Waals surface area (Å²) in [6, 6.07) is 4.89. The maximum Gasteiger partial charge on any atom is 0.254 e. The van der Waals surface area contributed by atoms with Gasteiger partial charge in [0.05, 0.1) is 40.4 Å². The third-order valence-corrected chi connectivity index (χ3v) is 6.64. The SMILES string of the molecule is CNC(=O)[C@@H]1Cc2conc2-c2c3c(nn2C1)CCN(C(=O)c1ccc(Cl)c(Cl)c1)C3. The first-order valence-electron chi connectivity index (χ1n) is 9.94. The van der Waals surface area contributed by atoms with E-state index in [1.165, 1.54) is 0 Å². The molecule has 1 aromatic carbocycles. The van der Waals surface area contributed by atoms with Gasteiger partial charge in [-0.15, -0.1) is 0 Å². The topological polar surface area (TPSA) is 93.3 Å². The molecule has 2 aliphatic heterocycles. The van der Waals surface area contributed by atoms with Crippen molar-refractivity contribution in [1.82, 2.24) is 25.2 Å². The maximum atomic E-state index is 13.1. The molecule has 0 saturated heterocycles. The first-order chi connectivity index (χ1) is 15.0. The molecule has 2 amide bonds. The van der Waals surface area contributed by atoms with Gasteiger partial charge in [-0.2, -0.15) is 5.10 Å². The van der Waals surface area contributed by atoms with Crippen molar-refractivity contribution in [1.29, 1.82) is 0 Å². The Hall–Kier alpha value is -2.84. The summed E-state index contributed by atoms with van der Waals surface area (Å²) in [6.07, 6.45) is 2.71. The van der Waals surface area contributed by atoms with Crippen LogP contribution in [-0.4, -0.2) is 45.2 Å². The molecule has 4 heterocycles. The van der Waals surface area contributed by atoms with Crippen LogP contribution in [0.25, 0.3) is 11.4 Å². The quantitative estimate of drug-likeness (QED) is 0.635. The lowest BCUT2D eigenvalue weighted by Gasteiger charge is -2.27. The summed E-state index contributed by atoms with van der Waals surface area (Å²) in [5.41, 5.74) is 4.70. The standard InChI is InChI=1S/C21H19Cl2N5O3/c1-24-20(29)12-6-13-10-31-26-18(13)19-14-9-27(5-4-17(14)25-28(19)8-12)21(30)11-2-3-15(22)16(23)7-11/h2-3,7,10,12H,4-6,8-9H2,1H3,(H,24,29)/t12-/m1/s1. The number of fused-ring (bicyclic) bond motifs is 5. The van der Waals surface area contributed by atoms with Crippen LogP contribution in [0.1, 0.15) is 27.2 Å². The number of benzene rings is 1. The molecule has 8 nitrogen and oxygen atoms in total. The van der Waals surface area contributed by atoms with Crippen LogP contribution in [-0.2, 0) is 30.7 Å². The maximum absolute atomic E-state index is 13.1. The number of nitrogens with one attached hydrogen (secondary N) is 1. The predicted molar refractivity (Wildman–Crippen MR) is 114 cm³/mol. The third kappa shape index (κ3) is 3.40. The van der Waals surface area contributed by atoms with Crippen molar-refractivity contribution in [3.8, 4) is 11.4 Å². The van der Waals surface area contributed by atoms with E-state index in [-0.39, 0.29) is 17.7 Å². The Labute approximate surface area is 188 Å². The van der Waals surface area contributed by atoms with Crippen LogP contribution in [0.4, 0.5) is 0 Å². The van der Waals surface area contributed by atoms with E-state index >= 15 is 0 Å². The van der Waals surface area contributed by atoms with Gasteiger partial charge in [-0.3, -0.25) is 14.3 Å². The summed E-state index contributed by atoms with van der Waals surface area (Å²) in [7, 11) is 1.63. The number of hydrogen-bond acceptors (Lipinski definition) is 5. The number of hydrogen-bond donors (Lipinski definition) is 1. The number of carbonyl (C=O) groups excluding carboxylic acids is 2. The van der Waals surface area contributed by atoms with Gasteiger partial charge in [0.25, 0.3) is 5.91 Å². The molecule has 5 rings (SSSR count). The molecule has 0 saturated carbocycles. The minimum absolute atomic E-state index is 0.0510. The van der Waals surface area contributed by atoms with Gasteiger partial charge in [0.2, 0.25) is 5.91 Å². The number of rotatable bonds is 2. The van der Waals surface area contributed by atoms with Crippen molar-refractivity contribution < 1.29 is 14.1 Å². The van der Waals surface area contributed by atoms with Gasteiger partial charge in [0.1, 0.15) is 12.0 Å². The highest BCUT2D eigenvalue weighted by Gasteiger charge is 2.35. The zero-order valence-electron chi connectivity index (χ0n) is 16.7. The summed E-state index contributed by atoms with van der Waals surface area (Å²) in [4.78, 5) is 27.3. The van der Waals surface area contributed by atoms with E-state index in [1.807, 2.05) is 4.68 Å². The second kappa shape index (κ2) is 7.69. The lowest BCUT2D eigenvalue weighted by atomic mass is 9.98. The van der Waals surface area contributed by atoms with Gasteiger partial charge in [0.15, 0.2) is 0 Å². The Morgan fingerprint density at radius 3 is 2.87 bits per heavy atom. The highest BCUT2D eigenvalue weighted by atomic mass is 35.5.